The normalized spacial score (nSPS) is 25.6. The summed E-state index contributed by atoms with van der Waals surface area (Å²) >= 11 is 1.90. The van der Waals surface area contributed by atoms with Crippen LogP contribution in [0, 0.1) is 5.41 Å². The average molecular weight is 288 g/mol. The van der Waals surface area contributed by atoms with Gasteiger partial charge < -0.3 is 5.32 Å². The zero-order valence-electron chi connectivity index (χ0n) is 12.3. The molecule has 1 aromatic carbocycles. The number of thioether (sulfide) groups is 1. The fourth-order valence-electron chi connectivity index (χ4n) is 2.97. The molecule has 1 saturated carbocycles. The first-order valence-corrected chi connectivity index (χ1v) is 8.76. The lowest BCUT2D eigenvalue weighted by Gasteiger charge is -2.12. The lowest BCUT2D eigenvalue weighted by molar-refractivity contribution is 0.472. The second kappa shape index (κ2) is 6.21. The Hall–Kier alpha value is -0.960. The minimum absolute atomic E-state index is 0.544. The van der Waals surface area contributed by atoms with Crippen molar-refractivity contribution >= 4 is 16.9 Å². The van der Waals surface area contributed by atoms with E-state index in [0.717, 1.165) is 18.7 Å². The van der Waals surface area contributed by atoms with Crippen molar-refractivity contribution in [3.63, 3.8) is 0 Å². The molecule has 1 saturated heterocycles. The molecule has 0 bridgehead atoms. The Morgan fingerprint density at radius 2 is 2.10 bits per heavy atom. The smallest absolute Gasteiger partial charge is 0.156 e. The SMILES string of the molecule is CCCC1(CN=C2NC(Cc3ccccc3)CS2)CC1. The zero-order chi connectivity index (χ0) is 13.8. The summed E-state index contributed by atoms with van der Waals surface area (Å²) in [5.41, 5.74) is 1.98. The number of benzene rings is 1. The third-order valence-electron chi connectivity index (χ3n) is 4.37. The summed E-state index contributed by atoms with van der Waals surface area (Å²) < 4.78 is 0. The van der Waals surface area contributed by atoms with E-state index in [1.807, 2.05) is 11.8 Å². The van der Waals surface area contributed by atoms with E-state index in [2.05, 4.69) is 42.6 Å². The van der Waals surface area contributed by atoms with Crippen molar-refractivity contribution in [2.45, 2.75) is 45.1 Å². The van der Waals surface area contributed by atoms with Crippen LogP contribution in [0.1, 0.15) is 38.2 Å². The Morgan fingerprint density at radius 3 is 2.80 bits per heavy atom. The van der Waals surface area contributed by atoms with Crippen molar-refractivity contribution in [3.05, 3.63) is 35.9 Å². The Bertz CT molecular complexity index is 465. The summed E-state index contributed by atoms with van der Waals surface area (Å²) in [5, 5.41) is 4.77. The fraction of sp³-hybridized carbons (Fsp3) is 0.588. The summed E-state index contributed by atoms with van der Waals surface area (Å²) in [6, 6.07) is 11.3. The Kier molecular flexibility index (Phi) is 4.35. The summed E-state index contributed by atoms with van der Waals surface area (Å²) in [5.74, 6) is 1.15. The highest BCUT2D eigenvalue weighted by molar-refractivity contribution is 8.14. The predicted molar refractivity (Wildman–Crippen MR) is 88.4 cm³/mol. The molecule has 3 rings (SSSR count). The van der Waals surface area contributed by atoms with Gasteiger partial charge in [0.15, 0.2) is 5.17 Å². The van der Waals surface area contributed by atoms with E-state index in [1.165, 1.54) is 36.4 Å². The summed E-state index contributed by atoms with van der Waals surface area (Å²) in [6.45, 7) is 3.32. The molecule has 0 aromatic heterocycles. The first-order valence-electron chi connectivity index (χ1n) is 7.77. The van der Waals surface area contributed by atoms with Gasteiger partial charge in [0.25, 0.3) is 0 Å². The Labute approximate surface area is 126 Å². The number of hydrogen-bond acceptors (Lipinski definition) is 2. The van der Waals surface area contributed by atoms with Gasteiger partial charge >= 0.3 is 0 Å². The largest absolute Gasteiger partial charge is 0.361 e. The number of aliphatic imine (C=N–C) groups is 1. The molecule has 2 fully saturated rings. The van der Waals surface area contributed by atoms with E-state index in [9.17, 15) is 0 Å². The first kappa shape index (κ1) is 14.0. The number of rotatable bonds is 6. The molecule has 2 aliphatic rings. The van der Waals surface area contributed by atoms with Gasteiger partial charge in [-0.2, -0.15) is 0 Å². The monoisotopic (exact) mass is 288 g/mol. The van der Waals surface area contributed by atoms with Crippen molar-refractivity contribution in [2.24, 2.45) is 10.4 Å². The lowest BCUT2D eigenvalue weighted by Crippen LogP contribution is -2.29. The van der Waals surface area contributed by atoms with Crippen LogP contribution in [0.25, 0.3) is 0 Å². The van der Waals surface area contributed by atoms with Gasteiger partial charge in [-0.25, -0.2) is 0 Å². The minimum Gasteiger partial charge on any atom is -0.361 e. The molecule has 1 N–H and O–H groups in total. The summed E-state index contributed by atoms with van der Waals surface area (Å²) in [4.78, 5) is 4.84. The van der Waals surface area contributed by atoms with Gasteiger partial charge in [0.05, 0.1) is 0 Å². The van der Waals surface area contributed by atoms with E-state index in [4.69, 9.17) is 4.99 Å². The quantitative estimate of drug-likeness (QED) is 0.859. The number of nitrogens with zero attached hydrogens (tertiary/aromatic N) is 1. The van der Waals surface area contributed by atoms with Crippen LogP contribution in [-0.4, -0.2) is 23.5 Å². The maximum atomic E-state index is 4.84. The van der Waals surface area contributed by atoms with Crippen LogP contribution in [0.5, 0.6) is 0 Å². The standard InChI is InChI=1S/C17H24N2S/c1-2-8-17(9-10-17)13-18-16-19-15(12-20-16)11-14-6-4-3-5-7-14/h3-7,15H,2,8-13H2,1H3,(H,18,19). The zero-order valence-corrected chi connectivity index (χ0v) is 13.1. The van der Waals surface area contributed by atoms with Gasteiger partial charge in [-0.3, -0.25) is 4.99 Å². The van der Waals surface area contributed by atoms with Crippen LogP contribution < -0.4 is 5.32 Å². The number of nitrogens with one attached hydrogen (secondary N) is 1. The van der Waals surface area contributed by atoms with Crippen molar-refractivity contribution in [1.29, 1.82) is 0 Å². The molecule has 0 radical (unpaired) electrons. The van der Waals surface area contributed by atoms with Gasteiger partial charge in [0.1, 0.15) is 0 Å². The molecule has 2 nitrogen and oxygen atoms in total. The molecular weight excluding hydrogens is 264 g/mol. The molecular formula is C17H24N2S. The fourth-order valence-corrected chi connectivity index (χ4v) is 3.94. The maximum absolute atomic E-state index is 4.84. The molecule has 20 heavy (non-hydrogen) atoms. The summed E-state index contributed by atoms with van der Waals surface area (Å²) in [7, 11) is 0. The molecule has 108 valence electrons. The van der Waals surface area contributed by atoms with Crippen LogP contribution in [0.2, 0.25) is 0 Å². The third kappa shape index (κ3) is 3.57. The predicted octanol–water partition coefficient (Wildman–Crippen LogP) is 3.87. The van der Waals surface area contributed by atoms with Crippen molar-refractivity contribution in [1.82, 2.24) is 5.32 Å². The molecule has 1 aliphatic carbocycles. The number of hydrogen-bond donors (Lipinski definition) is 1. The molecule has 1 atom stereocenters. The van der Waals surface area contributed by atoms with Crippen molar-refractivity contribution < 1.29 is 0 Å². The van der Waals surface area contributed by atoms with E-state index in [-0.39, 0.29) is 0 Å². The lowest BCUT2D eigenvalue weighted by atomic mass is 10.0. The topological polar surface area (TPSA) is 24.4 Å². The van der Waals surface area contributed by atoms with Gasteiger partial charge in [-0.1, -0.05) is 55.4 Å². The van der Waals surface area contributed by atoms with E-state index in [1.54, 1.807) is 0 Å². The second-order valence-electron chi connectivity index (χ2n) is 6.21. The first-order chi connectivity index (χ1) is 9.80. The van der Waals surface area contributed by atoms with Crippen molar-refractivity contribution in [2.75, 3.05) is 12.3 Å². The third-order valence-corrected chi connectivity index (χ3v) is 5.46. The second-order valence-corrected chi connectivity index (χ2v) is 7.22. The molecule has 1 aromatic rings. The van der Waals surface area contributed by atoms with Gasteiger partial charge in [0.2, 0.25) is 0 Å². The van der Waals surface area contributed by atoms with E-state index >= 15 is 0 Å². The number of amidine groups is 1. The van der Waals surface area contributed by atoms with Gasteiger partial charge in [-0.05, 0) is 36.7 Å². The molecule has 0 spiro atoms. The Balaban J connectivity index is 1.49. The highest BCUT2D eigenvalue weighted by atomic mass is 32.2. The summed E-state index contributed by atoms with van der Waals surface area (Å²) in [6.07, 6.45) is 6.52. The van der Waals surface area contributed by atoms with Crippen LogP contribution in [0.4, 0.5) is 0 Å². The van der Waals surface area contributed by atoms with E-state index in [0.29, 0.717) is 11.5 Å². The molecule has 1 aliphatic heterocycles. The van der Waals surface area contributed by atoms with E-state index < -0.39 is 0 Å². The molecule has 1 unspecified atom stereocenters. The maximum Gasteiger partial charge on any atom is 0.156 e. The van der Waals surface area contributed by atoms with Gasteiger partial charge in [0, 0.05) is 18.3 Å². The van der Waals surface area contributed by atoms with Crippen LogP contribution >= 0.6 is 11.8 Å². The molecule has 3 heteroatoms. The average Bonchev–Trinajstić information content (AvgIpc) is 3.09. The highest BCUT2D eigenvalue weighted by Gasteiger charge is 2.41. The molecule has 0 amide bonds. The van der Waals surface area contributed by atoms with Crippen LogP contribution in [0.3, 0.4) is 0 Å². The minimum atomic E-state index is 0.544. The Morgan fingerprint density at radius 1 is 1.30 bits per heavy atom. The highest BCUT2D eigenvalue weighted by Crippen LogP contribution is 2.49. The van der Waals surface area contributed by atoms with Crippen molar-refractivity contribution in [3.8, 4) is 0 Å². The van der Waals surface area contributed by atoms with Crippen LogP contribution in [-0.2, 0) is 6.42 Å². The van der Waals surface area contributed by atoms with Gasteiger partial charge in [-0.15, -0.1) is 0 Å². The van der Waals surface area contributed by atoms with Crippen LogP contribution in [0.15, 0.2) is 35.3 Å². The molecule has 1 heterocycles.